The minimum Gasteiger partial charge on any atom is -0.481 e. The lowest BCUT2D eigenvalue weighted by atomic mass is 9.74. The van der Waals surface area contributed by atoms with E-state index in [-0.39, 0.29) is 11.9 Å². The molecule has 5 atom stereocenters. The highest BCUT2D eigenvalue weighted by molar-refractivity contribution is 6.34. The van der Waals surface area contributed by atoms with E-state index in [2.05, 4.69) is 6.58 Å². The van der Waals surface area contributed by atoms with E-state index in [1.807, 2.05) is 6.08 Å². The molecule has 1 aromatic rings. The van der Waals surface area contributed by atoms with E-state index < -0.39 is 29.5 Å². The zero-order chi connectivity index (χ0) is 17.1. The number of hydrogen-bond donors (Lipinski definition) is 1. The number of nitrogens with zero attached hydrogens (tertiary/aromatic N) is 1. The maximum Gasteiger partial charge on any atom is 0.310 e. The van der Waals surface area contributed by atoms with Gasteiger partial charge in [0.05, 0.1) is 28.8 Å². The molecule has 2 bridgehead atoms. The normalized spacial score (nSPS) is 36.2. The van der Waals surface area contributed by atoms with Crippen molar-refractivity contribution >= 4 is 29.2 Å². The van der Waals surface area contributed by atoms with Crippen LogP contribution in [-0.2, 0) is 14.3 Å². The van der Waals surface area contributed by atoms with Gasteiger partial charge in [0, 0.05) is 0 Å². The SMILES string of the molecule is C=CC[C@H]1N(c2ccccc2Cl)C(=O)[C@H]2[C@H](C(=O)O)[C@@H]3C=C[C@]21O3. The summed E-state index contributed by atoms with van der Waals surface area (Å²) in [5.41, 5.74) is -0.359. The summed E-state index contributed by atoms with van der Waals surface area (Å²) in [4.78, 5) is 26.5. The Morgan fingerprint density at radius 1 is 1.46 bits per heavy atom. The first kappa shape index (κ1) is 15.4. The number of anilines is 1. The van der Waals surface area contributed by atoms with Gasteiger partial charge in [0.25, 0.3) is 0 Å². The fraction of sp³-hybridized carbons (Fsp3) is 0.333. The van der Waals surface area contributed by atoms with E-state index in [1.54, 1.807) is 41.3 Å². The second-order valence-electron chi connectivity index (χ2n) is 6.34. The predicted octanol–water partition coefficient (Wildman–Crippen LogP) is 2.66. The van der Waals surface area contributed by atoms with Crippen LogP contribution in [-0.4, -0.2) is 34.7 Å². The summed E-state index contributed by atoms with van der Waals surface area (Å²) in [6.45, 7) is 3.78. The molecule has 3 heterocycles. The zero-order valence-corrected chi connectivity index (χ0v) is 13.5. The lowest BCUT2D eigenvalue weighted by Crippen LogP contribution is -2.45. The van der Waals surface area contributed by atoms with E-state index in [0.717, 1.165) is 0 Å². The maximum absolute atomic E-state index is 13.2. The largest absolute Gasteiger partial charge is 0.481 e. The molecule has 0 saturated carbocycles. The van der Waals surface area contributed by atoms with Gasteiger partial charge in [0.2, 0.25) is 5.91 Å². The monoisotopic (exact) mass is 345 g/mol. The van der Waals surface area contributed by atoms with Gasteiger partial charge in [-0.15, -0.1) is 6.58 Å². The van der Waals surface area contributed by atoms with E-state index in [4.69, 9.17) is 16.3 Å². The Morgan fingerprint density at radius 3 is 2.88 bits per heavy atom. The van der Waals surface area contributed by atoms with Gasteiger partial charge in [-0.05, 0) is 18.6 Å². The van der Waals surface area contributed by atoms with Crippen molar-refractivity contribution in [3.8, 4) is 0 Å². The Morgan fingerprint density at radius 2 is 2.21 bits per heavy atom. The minimum atomic E-state index is -1.01. The van der Waals surface area contributed by atoms with Gasteiger partial charge in [-0.25, -0.2) is 0 Å². The highest BCUT2D eigenvalue weighted by atomic mass is 35.5. The van der Waals surface area contributed by atoms with Crippen LogP contribution in [0.25, 0.3) is 0 Å². The van der Waals surface area contributed by atoms with Crippen molar-refractivity contribution in [3.63, 3.8) is 0 Å². The number of amides is 1. The number of benzene rings is 1. The van der Waals surface area contributed by atoms with Crippen LogP contribution in [0.15, 0.2) is 49.1 Å². The molecule has 3 aliphatic heterocycles. The molecule has 0 aromatic heterocycles. The molecule has 2 saturated heterocycles. The number of carbonyl (C=O) groups is 2. The lowest BCUT2D eigenvalue weighted by Gasteiger charge is -2.32. The van der Waals surface area contributed by atoms with Crippen LogP contribution in [0.1, 0.15) is 6.42 Å². The van der Waals surface area contributed by atoms with Crippen molar-refractivity contribution in [1.29, 1.82) is 0 Å². The summed E-state index contributed by atoms with van der Waals surface area (Å²) in [5, 5.41) is 10.0. The molecule has 1 aromatic carbocycles. The Kier molecular flexibility index (Phi) is 3.34. The van der Waals surface area contributed by atoms with Crippen LogP contribution in [0.4, 0.5) is 5.69 Å². The number of fused-ring (bicyclic) bond motifs is 1. The average molecular weight is 346 g/mol. The summed E-state index contributed by atoms with van der Waals surface area (Å²) in [7, 11) is 0. The molecule has 5 nitrogen and oxygen atoms in total. The molecule has 6 heteroatoms. The standard InChI is InChI=1S/C18H16ClNO4/c1-2-5-13-18-9-8-12(24-18)14(17(22)23)15(18)16(21)20(13)11-7-4-3-6-10(11)19/h2-4,6-9,12-15H,1,5H2,(H,22,23)/t12-,13+,14+,15+,18+/m0/s1. The van der Waals surface area contributed by atoms with E-state index >= 15 is 0 Å². The van der Waals surface area contributed by atoms with Crippen molar-refractivity contribution in [2.75, 3.05) is 4.90 Å². The van der Waals surface area contributed by atoms with Crippen molar-refractivity contribution in [2.24, 2.45) is 11.8 Å². The fourth-order valence-electron chi connectivity index (χ4n) is 4.31. The highest BCUT2D eigenvalue weighted by Gasteiger charge is 2.71. The number of para-hydroxylation sites is 1. The van der Waals surface area contributed by atoms with E-state index in [0.29, 0.717) is 17.1 Å². The summed E-state index contributed by atoms with van der Waals surface area (Å²) in [5.74, 6) is -2.88. The molecular formula is C18H16ClNO4. The Bertz CT molecular complexity index is 776. The topological polar surface area (TPSA) is 66.8 Å². The van der Waals surface area contributed by atoms with Gasteiger partial charge in [0.15, 0.2) is 0 Å². The number of rotatable bonds is 4. The summed E-state index contributed by atoms with van der Waals surface area (Å²) in [6.07, 6.45) is 5.26. The van der Waals surface area contributed by atoms with Gasteiger partial charge in [0.1, 0.15) is 11.5 Å². The second-order valence-corrected chi connectivity index (χ2v) is 6.74. The molecule has 2 fully saturated rings. The number of hydrogen-bond acceptors (Lipinski definition) is 3. The molecule has 124 valence electrons. The molecule has 0 unspecified atom stereocenters. The average Bonchev–Trinajstić information content (AvgIpc) is 3.18. The van der Waals surface area contributed by atoms with Crippen LogP contribution in [0.3, 0.4) is 0 Å². The highest BCUT2D eigenvalue weighted by Crippen LogP contribution is 2.56. The molecule has 1 spiro atoms. The van der Waals surface area contributed by atoms with Crippen molar-refractivity contribution in [2.45, 2.75) is 24.2 Å². The molecular weight excluding hydrogens is 330 g/mol. The minimum absolute atomic E-state index is 0.255. The molecule has 24 heavy (non-hydrogen) atoms. The van der Waals surface area contributed by atoms with Crippen molar-refractivity contribution < 1.29 is 19.4 Å². The van der Waals surface area contributed by atoms with Crippen LogP contribution >= 0.6 is 11.6 Å². The Hall–Kier alpha value is -2.11. The quantitative estimate of drug-likeness (QED) is 0.852. The summed E-state index contributed by atoms with van der Waals surface area (Å²) in [6, 6.07) is 6.70. The third-order valence-electron chi connectivity index (χ3n) is 5.21. The predicted molar refractivity (Wildman–Crippen MR) is 88.9 cm³/mol. The third kappa shape index (κ3) is 1.79. The second kappa shape index (κ2) is 5.19. The molecule has 4 rings (SSSR count). The first-order valence-electron chi connectivity index (χ1n) is 7.79. The van der Waals surface area contributed by atoms with Crippen molar-refractivity contribution in [3.05, 3.63) is 54.1 Å². The number of carboxylic acid groups (broad SMARTS) is 1. The number of ether oxygens (including phenoxy) is 1. The van der Waals surface area contributed by atoms with Gasteiger partial charge < -0.3 is 14.7 Å². The van der Waals surface area contributed by atoms with Crippen LogP contribution in [0.5, 0.6) is 0 Å². The first-order valence-corrected chi connectivity index (χ1v) is 8.17. The Balaban J connectivity index is 1.87. The lowest BCUT2D eigenvalue weighted by molar-refractivity contribution is -0.146. The van der Waals surface area contributed by atoms with Gasteiger partial charge in [-0.3, -0.25) is 9.59 Å². The number of carbonyl (C=O) groups excluding carboxylic acids is 1. The smallest absolute Gasteiger partial charge is 0.310 e. The van der Waals surface area contributed by atoms with Gasteiger partial charge in [-0.2, -0.15) is 0 Å². The molecule has 0 aliphatic carbocycles. The van der Waals surface area contributed by atoms with Gasteiger partial charge in [-0.1, -0.05) is 42.0 Å². The van der Waals surface area contributed by atoms with Crippen LogP contribution < -0.4 is 4.90 Å². The maximum atomic E-state index is 13.2. The summed E-state index contributed by atoms with van der Waals surface area (Å²) < 4.78 is 6.04. The third-order valence-corrected chi connectivity index (χ3v) is 5.53. The molecule has 1 amide bonds. The Labute approximate surface area is 144 Å². The molecule has 0 radical (unpaired) electrons. The fourth-order valence-corrected chi connectivity index (χ4v) is 4.54. The van der Waals surface area contributed by atoms with Gasteiger partial charge >= 0.3 is 5.97 Å². The van der Waals surface area contributed by atoms with Crippen molar-refractivity contribution in [1.82, 2.24) is 0 Å². The molecule has 3 aliphatic rings. The number of carboxylic acids is 1. The summed E-state index contributed by atoms with van der Waals surface area (Å²) >= 11 is 6.29. The van der Waals surface area contributed by atoms with Crippen LogP contribution in [0.2, 0.25) is 5.02 Å². The van der Waals surface area contributed by atoms with E-state index in [9.17, 15) is 14.7 Å². The number of halogens is 1. The molecule has 1 N–H and O–H groups in total. The number of aliphatic carboxylic acids is 1. The van der Waals surface area contributed by atoms with E-state index in [1.165, 1.54) is 0 Å². The zero-order valence-electron chi connectivity index (χ0n) is 12.8. The first-order chi connectivity index (χ1) is 11.5. The van der Waals surface area contributed by atoms with Crippen LogP contribution in [0, 0.1) is 11.8 Å².